The number of hydrogen-bond donors (Lipinski definition) is 3. The van der Waals surface area contributed by atoms with Crippen molar-refractivity contribution in [3.63, 3.8) is 0 Å². The number of carbonyl (C=O) groups is 1. The average molecular weight is 497 g/mol. The van der Waals surface area contributed by atoms with E-state index in [2.05, 4.69) is 55.2 Å². The van der Waals surface area contributed by atoms with Crippen molar-refractivity contribution in [2.24, 2.45) is 12.0 Å². The van der Waals surface area contributed by atoms with Crippen LogP contribution in [0.15, 0.2) is 41.5 Å². The first kappa shape index (κ1) is 22.0. The van der Waals surface area contributed by atoms with Crippen LogP contribution in [0, 0.1) is 0 Å². The van der Waals surface area contributed by atoms with E-state index in [4.69, 9.17) is 0 Å². The first-order valence-electron chi connectivity index (χ1n) is 9.25. The number of benzene rings is 1. The largest absolute Gasteiger partial charge is 0.360 e. The highest BCUT2D eigenvalue weighted by atomic mass is 127. The normalized spacial score (nSPS) is 14.3. The predicted octanol–water partition coefficient (Wildman–Crippen LogP) is 1.23. The molecule has 0 aliphatic carbocycles. The quantitative estimate of drug-likeness (QED) is 0.318. The van der Waals surface area contributed by atoms with E-state index in [0.717, 1.165) is 36.0 Å². The lowest BCUT2D eigenvalue weighted by Gasteiger charge is -2.28. The molecule has 0 atom stereocenters. The molecule has 0 saturated carbocycles. The highest BCUT2D eigenvalue weighted by Gasteiger charge is 2.16. The average Bonchev–Trinajstić information content (AvgIpc) is 3.09. The van der Waals surface area contributed by atoms with Gasteiger partial charge in [-0.3, -0.25) is 9.48 Å². The molecule has 2 heterocycles. The fourth-order valence-corrected chi connectivity index (χ4v) is 2.93. The Morgan fingerprint density at radius 1 is 1.25 bits per heavy atom. The van der Waals surface area contributed by atoms with Gasteiger partial charge in [0.1, 0.15) is 0 Å². The fourth-order valence-electron chi connectivity index (χ4n) is 2.93. The summed E-state index contributed by atoms with van der Waals surface area (Å²) in [5, 5.41) is 13.6. The lowest BCUT2D eigenvalue weighted by Crippen LogP contribution is -2.47. The molecule has 1 saturated heterocycles. The standard InChI is InChI=1S/C19H27N7O.HI/c1-3-20-19(23-13-17-8-9-24-25(17)2)22-12-15-4-6-16(7-5-15)26-11-10-21-18(27)14-26;/h4-9H,3,10-14H2,1-2H3,(H,21,27)(H2,20,22,23);1H. The van der Waals surface area contributed by atoms with Crippen molar-refractivity contribution >= 4 is 41.5 Å². The van der Waals surface area contributed by atoms with Crippen LogP contribution >= 0.6 is 24.0 Å². The van der Waals surface area contributed by atoms with E-state index in [1.54, 1.807) is 6.20 Å². The van der Waals surface area contributed by atoms with Crippen LogP contribution in [-0.4, -0.2) is 47.8 Å². The van der Waals surface area contributed by atoms with Gasteiger partial charge in [-0.2, -0.15) is 5.10 Å². The number of rotatable bonds is 6. The lowest BCUT2D eigenvalue weighted by atomic mass is 10.2. The smallest absolute Gasteiger partial charge is 0.239 e. The lowest BCUT2D eigenvalue weighted by molar-refractivity contribution is -0.120. The molecule has 0 unspecified atom stereocenters. The third kappa shape index (κ3) is 6.11. The van der Waals surface area contributed by atoms with Crippen molar-refractivity contribution in [3.05, 3.63) is 47.8 Å². The molecule has 152 valence electrons. The number of hydrogen-bond acceptors (Lipinski definition) is 4. The summed E-state index contributed by atoms with van der Waals surface area (Å²) in [6.45, 7) is 6.04. The Labute approximate surface area is 182 Å². The Bertz CT molecular complexity index is 788. The van der Waals surface area contributed by atoms with Crippen molar-refractivity contribution in [2.45, 2.75) is 20.0 Å². The minimum atomic E-state index is 0. The van der Waals surface area contributed by atoms with Crippen molar-refractivity contribution in [1.29, 1.82) is 0 Å². The zero-order valence-corrected chi connectivity index (χ0v) is 18.6. The van der Waals surface area contributed by atoms with Crippen molar-refractivity contribution in [3.8, 4) is 0 Å². The minimum Gasteiger partial charge on any atom is -0.360 e. The number of piperazine rings is 1. The van der Waals surface area contributed by atoms with Gasteiger partial charge in [0, 0.05) is 38.6 Å². The maximum absolute atomic E-state index is 11.5. The zero-order valence-electron chi connectivity index (χ0n) is 16.3. The summed E-state index contributed by atoms with van der Waals surface area (Å²) in [5.41, 5.74) is 3.28. The van der Waals surface area contributed by atoms with Gasteiger partial charge < -0.3 is 20.9 Å². The third-order valence-corrected chi connectivity index (χ3v) is 4.46. The van der Waals surface area contributed by atoms with E-state index in [-0.39, 0.29) is 29.9 Å². The molecule has 1 aliphatic heterocycles. The summed E-state index contributed by atoms with van der Waals surface area (Å²) in [7, 11) is 1.93. The Balaban J connectivity index is 0.00000280. The van der Waals surface area contributed by atoms with Crippen LogP contribution in [0.2, 0.25) is 0 Å². The molecule has 0 bridgehead atoms. The first-order valence-corrected chi connectivity index (χ1v) is 9.25. The van der Waals surface area contributed by atoms with Crippen LogP contribution in [0.5, 0.6) is 0 Å². The second-order valence-electron chi connectivity index (χ2n) is 6.43. The maximum atomic E-state index is 11.5. The molecule has 8 nitrogen and oxygen atoms in total. The molecule has 1 aromatic heterocycles. The number of nitrogens with zero attached hydrogens (tertiary/aromatic N) is 4. The minimum absolute atomic E-state index is 0. The van der Waals surface area contributed by atoms with Crippen molar-refractivity contribution in [1.82, 2.24) is 25.7 Å². The van der Waals surface area contributed by atoms with Gasteiger partial charge in [0.15, 0.2) is 5.96 Å². The molecule has 3 N–H and O–H groups in total. The molecule has 3 rings (SSSR count). The van der Waals surface area contributed by atoms with Gasteiger partial charge in [-0.05, 0) is 30.7 Å². The SMILES string of the molecule is CCNC(=NCc1ccc(N2CCNC(=O)C2)cc1)NCc1ccnn1C.I. The second kappa shape index (κ2) is 10.9. The molecule has 1 amide bonds. The van der Waals surface area contributed by atoms with E-state index in [9.17, 15) is 4.79 Å². The second-order valence-corrected chi connectivity index (χ2v) is 6.43. The van der Waals surface area contributed by atoms with Crippen LogP contribution in [0.4, 0.5) is 5.69 Å². The Morgan fingerprint density at radius 3 is 2.68 bits per heavy atom. The molecule has 0 radical (unpaired) electrons. The van der Waals surface area contributed by atoms with Crippen LogP contribution in [0.1, 0.15) is 18.2 Å². The van der Waals surface area contributed by atoms with Gasteiger partial charge in [0.25, 0.3) is 0 Å². The molecule has 1 fully saturated rings. The van der Waals surface area contributed by atoms with Crippen molar-refractivity contribution in [2.75, 3.05) is 31.1 Å². The van der Waals surface area contributed by atoms with Gasteiger partial charge in [0.2, 0.25) is 5.91 Å². The van der Waals surface area contributed by atoms with Gasteiger partial charge in [-0.15, -0.1) is 24.0 Å². The highest BCUT2D eigenvalue weighted by Crippen LogP contribution is 2.16. The number of halogens is 1. The number of amides is 1. The highest BCUT2D eigenvalue weighted by molar-refractivity contribution is 14.0. The number of aliphatic imine (C=N–C) groups is 1. The van der Waals surface area contributed by atoms with E-state index >= 15 is 0 Å². The van der Waals surface area contributed by atoms with E-state index in [1.165, 1.54) is 0 Å². The maximum Gasteiger partial charge on any atom is 0.239 e. The van der Waals surface area contributed by atoms with E-state index < -0.39 is 0 Å². The molecular formula is C19H28IN7O. The van der Waals surface area contributed by atoms with Gasteiger partial charge in [-0.1, -0.05) is 12.1 Å². The van der Waals surface area contributed by atoms with E-state index in [0.29, 0.717) is 26.2 Å². The fraction of sp³-hybridized carbons (Fsp3) is 0.421. The summed E-state index contributed by atoms with van der Waals surface area (Å²) in [6.07, 6.45) is 1.79. The van der Waals surface area contributed by atoms with Crippen LogP contribution in [0.3, 0.4) is 0 Å². The molecule has 0 spiro atoms. The topological polar surface area (TPSA) is 86.6 Å². The van der Waals surface area contributed by atoms with Crippen LogP contribution in [-0.2, 0) is 24.9 Å². The molecular weight excluding hydrogens is 469 g/mol. The summed E-state index contributed by atoms with van der Waals surface area (Å²) in [4.78, 5) is 18.3. The van der Waals surface area contributed by atoms with Gasteiger partial charge in [-0.25, -0.2) is 4.99 Å². The zero-order chi connectivity index (χ0) is 19.1. The van der Waals surface area contributed by atoms with E-state index in [1.807, 2.05) is 24.7 Å². The Morgan fingerprint density at radius 2 is 2.04 bits per heavy atom. The van der Waals surface area contributed by atoms with Gasteiger partial charge >= 0.3 is 0 Å². The molecule has 9 heteroatoms. The summed E-state index contributed by atoms with van der Waals surface area (Å²) >= 11 is 0. The Hall–Kier alpha value is -2.30. The summed E-state index contributed by atoms with van der Waals surface area (Å²) in [6, 6.07) is 10.2. The predicted molar refractivity (Wildman–Crippen MR) is 122 cm³/mol. The first-order chi connectivity index (χ1) is 13.2. The van der Waals surface area contributed by atoms with Crippen LogP contribution < -0.4 is 20.9 Å². The molecule has 1 aromatic carbocycles. The number of nitrogens with one attached hydrogen (secondary N) is 3. The number of guanidine groups is 1. The molecule has 1 aliphatic rings. The Kier molecular flexibility index (Phi) is 8.55. The van der Waals surface area contributed by atoms with Gasteiger partial charge in [0.05, 0.1) is 25.3 Å². The van der Waals surface area contributed by atoms with Crippen LogP contribution in [0.25, 0.3) is 0 Å². The summed E-state index contributed by atoms with van der Waals surface area (Å²) < 4.78 is 1.84. The van der Waals surface area contributed by atoms with Crippen molar-refractivity contribution < 1.29 is 4.79 Å². The number of anilines is 1. The molecule has 2 aromatic rings. The third-order valence-electron chi connectivity index (χ3n) is 4.46. The number of aryl methyl sites for hydroxylation is 1. The monoisotopic (exact) mass is 497 g/mol. The summed E-state index contributed by atoms with van der Waals surface area (Å²) in [5.74, 6) is 0.847. The number of aromatic nitrogens is 2. The number of carbonyl (C=O) groups excluding carboxylic acids is 1. The molecule has 28 heavy (non-hydrogen) atoms.